The minimum absolute atomic E-state index is 1.06. The van der Waals surface area contributed by atoms with Gasteiger partial charge in [-0.25, -0.2) is 0 Å². The van der Waals surface area contributed by atoms with E-state index in [1.165, 1.54) is 43.1 Å². The normalized spacial score (nSPS) is 11.5. The Balaban J connectivity index is 1.13. The molecule has 0 heterocycles. The second-order valence-electron chi connectivity index (χ2n) is 20.5. The van der Waals surface area contributed by atoms with Crippen molar-refractivity contribution in [2.24, 2.45) is 0 Å². The highest BCUT2D eigenvalue weighted by atomic mass is 15.2. The van der Waals surface area contributed by atoms with Crippen LogP contribution in [0.2, 0.25) is 0 Å². The standard InChI is InChI=1S/C76H52N4/c1-6-28-59(29-7-1)77(60-30-8-2-9-31-60)71-51-72(78(61-32-10-3-11-33-61)64-41-38-53-22-16-19-25-56(53)48-64)68-46-47-70-74(80(63-36-14-5-15-37-63)66-43-40-55-24-18-21-27-58(55)50-66)52-73(69-45-44-67(71)75(68)76(69)70)79(62-34-12-4-13-35-62)65-42-39-54-23-17-20-26-57(54)49-65/h1-52H. The fourth-order valence-electron chi connectivity index (χ4n) is 12.2. The third-order valence-electron chi connectivity index (χ3n) is 15.8. The average Bonchev–Trinajstić information content (AvgIpc) is 3.63. The van der Waals surface area contributed by atoms with Gasteiger partial charge in [0.15, 0.2) is 0 Å². The Labute approximate surface area is 465 Å². The van der Waals surface area contributed by atoms with Crippen molar-refractivity contribution in [3.8, 4) is 0 Å². The molecule has 0 N–H and O–H groups in total. The van der Waals surface area contributed by atoms with Crippen LogP contribution in [0.3, 0.4) is 0 Å². The molecule has 0 amide bonds. The number of benzene rings is 15. The van der Waals surface area contributed by atoms with Crippen molar-refractivity contribution in [1.29, 1.82) is 0 Å². The summed E-state index contributed by atoms with van der Waals surface area (Å²) in [5.41, 5.74) is 12.8. The minimum Gasteiger partial charge on any atom is -0.310 e. The van der Waals surface area contributed by atoms with Crippen molar-refractivity contribution in [3.63, 3.8) is 0 Å². The van der Waals surface area contributed by atoms with Gasteiger partial charge in [-0.3, -0.25) is 0 Å². The Bertz CT molecular complexity index is 4540. The van der Waals surface area contributed by atoms with Crippen LogP contribution in [0.25, 0.3) is 64.6 Å². The third kappa shape index (κ3) is 8.09. The zero-order chi connectivity index (χ0) is 52.9. The lowest BCUT2D eigenvalue weighted by Gasteiger charge is -2.34. The number of nitrogens with zero attached hydrogens (tertiary/aromatic N) is 4. The lowest BCUT2D eigenvalue weighted by atomic mass is 9.89. The summed E-state index contributed by atoms with van der Waals surface area (Å²) < 4.78 is 0. The summed E-state index contributed by atoms with van der Waals surface area (Å²) in [6.07, 6.45) is 0. The average molecular weight is 1020 g/mol. The van der Waals surface area contributed by atoms with Crippen LogP contribution >= 0.6 is 0 Å². The van der Waals surface area contributed by atoms with Crippen LogP contribution in [-0.2, 0) is 0 Å². The number of anilines is 12. The predicted molar refractivity (Wildman–Crippen MR) is 341 cm³/mol. The van der Waals surface area contributed by atoms with Gasteiger partial charge in [0.25, 0.3) is 0 Å². The summed E-state index contributed by atoms with van der Waals surface area (Å²) >= 11 is 0. The maximum Gasteiger partial charge on any atom is 0.0561 e. The molecule has 0 aromatic heterocycles. The molecule has 0 aliphatic rings. The van der Waals surface area contributed by atoms with E-state index in [1.54, 1.807) is 0 Å². The fourth-order valence-corrected chi connectivity index (χ4v) is 12.2. The van der Waals surface area contributed by atoms with Crippen LogP contribution in [-0.4, -0.2) is 0 Å². The molecule has 15 rings (SSSR count). The van der Waals surface area contributed by atoms with E-state index < -0.39 is 0 Å². The molecule has 0 spiro atoms. The molecule has 80 heavy (non-hydrogen) atoms. The first-order valence-corrected chi connectivity index (χ1v) is 27.4. The molecule has 0 atom stereocenters. The molecule has 0 radical (unpaired) electrons. The molecular formula is C76H52N4. The van der Waals surface area contributed by atoms with Crippen LogP contribution in [0.4, 0.5) is 68.2 Å². The number of fused-ring (bicyclic) bond motifs is 3. The number of hydrogen-bond donors (Lipinski definition) is 0. The van der Waals surface area contributed by atoms with Gasteiger partial charge < -0.3 is 19.6 Å². The van der Waals surface area contributed by atoms with Crippen molar-refractivity contribution in [2.75, 3.05) is 19.6 Å². The van der Waals surface area contributed by atoms with Gasteiger partial charge in [-0.1, -0.05) is 206 Å². The molecule has 15 aromatic rings. The maximum absolute atomic E-state index is 2.47. The number of rotatable bonds is 12. The minimum atomic E-state index is 1.06. The second-order valence-corrected chi connectivity index (χ2v) is 20.5. The Kier molecular flexibility index (Phi) is 11.5. The van der Waals surface area contributed by atoms with Gasteiger partial charge in [-0.2, -0.15) is 0 Å². The van der Waals surface area contributed by atoms with E-state index in [1.807, 2.05) is 0 Å². The monoisotopic (exact) mass is 1020 g/mol. The first kappa shape index (κ1) is 46.6. The largest absolute Gasteiger partial charge is 0.310 e. The first-order valence-electron chi connectivity index (χ1n) is 27.4. The zero-order valence-corrected chi connectivity index (χ0v) is 43.8. The quantitative estimate of drug-likeness (QED) is 0.113. The highest BCUT2D eigenvalue weighted by Crippen LogP contribution is 2.55. The van der Waals surface area contributed by atoms with Gasteiger partial charge in [0.2, 0.25) is 0 Å². The smallest absolute Gasteiger partial charge is 0.0561 e. The topological polar surface area (TPSA) is 13.0 Å². The van der Waals surface area contributed by atoms with E-state index in [0.717, 1.165) is 89.8 Å². The molecule has 15 aromatic carbocycles. The Hall–Kier alpha value is -10.7. The fraction of sp³-hybridized carbons (Fsp3) is 0. The molecule has 0 unspecified atom stereocenters. The molecule has 0 aliphatic heterocycles. The molecule has 0 aliphatic carbocycles. The SMILES string of the molecule is c1ccc(N(c2ccccc2)c2cc(N(c3ccccc3)c3ccc4ccccc4c3)c3ccc4c(N(c5ccccc5)c5ccc6ccccc6c5)cc(N(c5ccccc5)c5ccc6ccccc6c5)c5ccc2c3c54)cc1. The van der Waals surface area contributed by atoms with Crippen LogP contribution in [0.1, 0.15) is 0 Å². The molecule has 4 nitrogen and oxygen atoms in total. The first-order chi connectivity index (χ1) is 39.7. The summed E-state index contributed by atoms with van der Waals surface area (Å²) in [5, 5.41) is 14.0. The molecule has 0 bridgehead atoms. The highest BCUT2D eigenvalue weighted by molar-refractivity contribution is 6.33. The summed E-state index contributed by atoms with van der Waals surface area (Å²) in [4.78, 5) is 9.85. The molecule has 0 saturated carbocycles. The number of para-hydroxylation sites is 5. The second kappa shape index (κ2) is 19.7. The van der Waals surface area contributed by atoms with Crippen LogP contribution in [0.5, 0.6) is 0 Å². The van der Waals surface area contributed by atoms with Gasteiger partial charge in [0.05, 0.1) is 22.7 Å². The lowest BCUT2D eigenvalue weighted by Crippen LogP contribution is -2.16. The van der Waals surface area contributed by atoms with Gasteiger partial charge in [-0.15, -0.1) is 0 Å². The Morgan fingerprint density at radius 3 is 0.613 bits per heavy atom. The van der Waals surface area contributed by atoms with Crippen molar-refractivity contribution >= 4 is 133 Å². The van der Waals surface area contributed by atoms with Gasteiger partial charge in [0.1, 0.15) is 0 Å². The van der Waals surface area contributed by atoms with E-state index in [4.69, 9.17) is 0 Å². The molecule has 4 heteroatoms. The van der Waals surface area contributed by atoms with E-state index in [-0.39, 0.29) is 0 Å². The van der Waals surface area contributed by atoms with Crippen molar-refractivity contribution < 1.29 is 0 Å². The summed E-state index contributed by atoms with van der Waals surface area (Å²) in [6.45, 7) is 0. The Morgan fingerprint density at radius 2 is 0.362 bits per heavy atom. The molecule has 0 saturated heterocycles. The van der Waals surface area contributed by atoms with E-state index in [9.17, 15) is 0 Å². The van der Waals surface area contributed by atoms with Gasteiger partial charge in [0, 0.05) is 77.8 Å². The van der Waals surface area contributed by atoms with Gasteiger partial charge in [-0.05, 0) is 142 Å². The lowest BCUT2D eigenvalue weighted by molar-refractivity contribution is 1.27. The van der Waals surface area contributed by atoms with Crippen molar-refractivity contribution in [2.45, 2.75) is 0 Å². The van der Waals surface area contributed by atoms with Gasteiger partial charge >= 0.3 is 0 Å². The van der Waals surface area contributed by atoms with E-state index in [0.29, 0.717) is 0 Å². The van der Waals surface area contributed by atoms with Crippen LogP contribution in [0, 0.1) is 0 Å². The van der Waals surface area contributed by atoms with Crippen molar-refractivity contribution in [3.05, 3.63) is 315 Å². The van der Waals surface area contributed by atoms with Crippen LogP contribution in [0.15, 0.2) is 315 Å². The molecule has 0 fully saturated rings. The molecule has 376 valence electrons. The molecular weight excluding hydrogens is 969 g/mol. The summed E-state index contributed by atoms with van der Waals surface area (Å²) in [7, 11) is 0. The van der Waals surface area contributed by atoms with Crippen molar-refractivity contribution in [1.82, 2.24) is 0 Å². The third-order valence-corrected chi connectivity index (χ3v) is 15.8. The van der Waals surface area contributed by atoms with E-state index >= 15 is 0 Å². The predicted octanol–water partition coefficient (Wildman–Crippen LogP) is 21.9. The Morgan fingerprint density at radius 1 is 0.150 bits per heavy atom. The highest BCUT2D eigenvalue weighted by Gasteiger charge is 2.29. The maximum atomic E-state index is 2.47. The summed E-state index contributed by atoms with van der Waals surface area (Å²) in [5.74, 6) is 0. The summed E-state index contributed by atoms with van der Waals surface area (Å²) in [6, 6.07) is 115. The zero-order valence-electron chi connectivity index (χ0n) is 43.8. The van der Waals surface area contributed by atoms with Crippen LogP contribution < -0.4 is 19.6 Å². The number of hydrogen-bond acceptors (Lipinski definition) is 4. The van der Waals surface area contributed by atoms with E-state index in [2.05, 4.69) is 335 Å².